The number of ketones is 1. The zero-order chi connectivity index (χ0) is 10.2. The van der Waals surface area contributed by atoms with E-state index in [2.05, 4.69) is 5.32 Å². The highest BCUT2D eigenvalue weighted by Crippen LogP contribution is 2.26. The highest BCUT2D eigenvalue weighted by molar-refractivity contribution is 6.01. The van der Waals surface area contributed by atoms with Crippen molar-refractivity contribution in [1.29, 1.82) is 0 Å². The number of hydrogen-bond acceptors (Lipinski definition) is 2. The van der Waals surface area contributed by atoms with Gasteiger partial charge >= 0.3 is 0 Å². The van der Waals surface area contributed by atoms with Gasteiger partial charge in [-0.05, 0) is 13.8 Å². The second-order valence-corrected chi connectivity index (χ2v) is 4.36. The van der Waals surface area contributed by atoms with E-state index < -0.39 is 0 Å². The van der Waals surface area contributed by atoms with Crippen LogP contribution < -0.4 is 5.32 Å². The van der Waals surface area contributed by atoms with E-state index in [-0.39, 0.29) is 11.2 Å². The number of aryl methyl sites for hydroxylation is 1. The second-order valence-electron chi connectivity index (χ2n) is 4.36. The third kappa shape index (κ3) is 1.46. The summed E-state index contributed by atoms with van der Waals surface area (Å²) in [4.78, 5) is 12.0. The Morgan fingerprint density at radius 3 is 2.29 bits per heavy atom. The summed E-state index contributed by atoms with van der Waals surface area (Å²) in [6, 6.07) is 7.81. The molecule has 14 heavy (non-hydrogen) atoms. The first-order valence-electron chi connectivity index (χ1n) is 4.94. The molecule has 0 amide bonds. The molecule has 2 nitrogen and oxygen atoms in total. The van der Waals surface area contributed by atoms with Crippen LogP contribution in [-0.4, -0.2) is 18.9 Å². The first kappa shape index (κ1) is 9.41. The summed E-state index contributed by atoms with van der Waals surface area (Å²) in [7, 11) is 0. The van der Waals surface area contributed by atoms with Crippen LogP contribution in [0, 0.1) is 12.3 Å². The van der Waals surface area contributed by atoms with Crippen LogP contribution in [0.25, 0.3) is 0 Å². The standard InChI is InChI=1S/C12H15NO/c1-9-3-5-10(6-4-9)11(14)12(2)7-13-8-12/h3-6,13H,7-8H2,1-2H3. The molecular weight excluding hydrogens is 174 g/mol. The van der Waals surface area contributed by atoms with E-state index in [4.69, 9.17) is 0 Å². The molecular formula is C12H15NO. The van der Waals surface area contributed by atoms with Gasteiger partial charge in [-0.3, -0.25) is 4.79 Å². The fraction of sp³-hybridized carbons (Fsp3) is 0.417. The maximum Gasteiger partial charge on any atom is 0.171 e. The van der Waals surface area contributed by atoms with E-state index in [1.165, 1.54) is 5.56 Å². The van der Waals surface area contributed by atoms with Crippen molar-refractivity contribution in [1.82, 2.24) is 5.32 Å². The van der Waals surface area contributed by atoms with Gasteiger partial charge in [-0.1, -0.05) is 29.8 Å². The van der Waals surface area contributed by atoms with Crippen LogP contribution in [0.15, 0.2) is 24.3 Å². The summed E-state index contributed by atoms with van der Waals surface area (Å²) >= 11 is 0. The molecule has 0 spiro atoms. The van der Waals surface area contributed by atoms with Gasteiger partial charge < -0.3 is 5.32 Å². The quantitative estimate of drug-likeness (QED) is 0.719. The molecule has 0 saturated carbocycles. The minimum Gasteiger partial charge on any atom is -0.315 e. The van der Waals surface area contributed by atoms with Crippen LogP contribution in [0.4, 0.5) is 0 Å². The van der Waals surface area contributed by atoms with Crippen LogP contribution in [0.3, 0.4) is 0 Å². The summed E-state index contributed by atoms with van der Waals surface area (Å²) in [5, 5.41) is 3.14. The van der Waals surface area contributed by atoms with Crippen LogP contribution in [-0.2, 0) is 0 Å². The molecule has 2 rings (SSSR count). The Labute approximate surface area is 84.3 Å². The third-order valence-electron chi connectivity index (χ3n) is 2.89. The van der Waals surface area contributed by atoms with Gasteiger partial charge in [0.05, 0.1) is 5.41 Å². The first-order chi connectivity index (χ1) is 6.62. The lowest BCUT2D eigenvalue weighted by Crippen LogP contribution is -2.56. The lowest BCUT2D eigenvalue weighted by molar-refractivity contribution is 0.0722. The molecule has 1 N–H and O–H groups in total. The molecule has 1 aromatic carbocycles. The predicted octanol–water partition coefficient (Wildman–Crippen LogP) is 1.79. The van der Waals surface area contributed by atoms with Gasteiger partial charge in [0.2, 0.25) is 0 Å². The molecule has 1 fully saturated rings. The van der Waals surface area contributed by atoms with Gasteiger partial charge in [0.25, 0.3) is 0 Å². The van der Waals surface area contributed by atoms with Crippen LogP contribution in [0.1, 0.15) is 22.8 Å². The van der Waals surface area contributed by atoms with E-state index in [0.717, 1.165) is 18.7 Å². The monoisotopic (exact) mass is 189 g/mol. The summed E-state index contributed by atoms with van der Waals surface area (Å²) in [5.74, 6) is 0.260. The SMILES string of the molecule is Cc1ccc(C(=O)C2(C)CNC2)cc1. The number of rotatable bonds is 2. The van der Waals surface area contributed by atoms with Gasteiger partial charge in [0.1, 0.15) is 0 Å². The van der Waals surface area contributed by atoms with E-state index in [9.17, 15) is 4.79 Å². The Hall–Kier alpha value is -1.15. The van der Waals surface area contributed by atoms with Crippen LogP contribution in [0.2, 0.25) is 0 Å². The van der Waals surface area contributed by atoms with Crippen molar-refractivity contribution >= 4 is 5.78 Å². The number of Topliss-reactive ketones (excluding diaryl/α,β-unsaturated/α-hetero) is 1. The number of carbonyl (C=O) groups is 1. The number of carbonyl (C=O) groups excluding carboxylic acids is 1. The van der Waals surface area contributed by atoms with E-state index in [0.29, 0.717) is 0 Å². The number of nitrogens with one attached hydrogen (secondary N) is 1. The molecule has 1 aliphatic heterocycles. The smallest absolute Gasteiger partial charge is 0.171 e. The largest absolute Gasteiger partial charge is 0.315 e. The van der Waals surface area contributed by atoms with E-state index in [1.807, 2.05) is 38.1 Å². The van der Waals surface area contributed by atoms with Gasteiger partial charge in [-0.15, -0.1) is 0 Å². The Balaban J connectivity index is 2.23. The topological polar surface area (TPSA) is 29.1 Å². The van der Waals surface area contributed by atoms with E-state index >= 15 is 0 Å². The average Bonchev–Trinajstić information content (AvgIpc) is 2.14. The van der Waals surface area contributed by atoms with Gasteiger partial charge in [0, 0.05) is 18.7 Å². The molecule has 1 heterocycles. The highest BCUT2D eigenvalue weighted by atomic mass is 16.1. The third-order valence-corrected chi connectivity index (χ3v) is 2.89. The van der Waals surface area contributed by atoms with Crippen molar-refractivity contribution in [2.45, 2.75) is 13.8 Å². The molecule has 0 unspecified atom stereocenters. The predicted molar refractivity (Wildman–Crippen MR) is 56.5 cm³/mol. The Morgan fingerprint density at radius 1 is 1.29 bits per heavy atom. The molecule has 1 aliphatic rings. The summed E-state index contributed by atoms with van der Waals surface area (Å²) in [5.41, 5.74) is 1.85. The van der Waals surface area contributed by atoms with Gasteiger partial charge in [-0.25, -0.2) is 0 Å². The zero-order valence-electron chi connectivity index (χ0n) is 8.63. The minimum atomic E-state index is -0.171. The molecule has 0 bridgehead atoms. The van der Waals surface area contributed by atoms with Crippen molar-refractivity contribution in [2.24, 2.45) is 5.41 Å². The van der Waals surface area contributed by atoms with Gasteiger partial charge in [-0.2, -0.15) is 0 Å². The van der Waals surface area contributed by atoms with Crippen LogP contribution >= 0.6 is 0 Å². The van der Waals surface area contributed by atoms with Crippen molar-refractivity contribution in [3.05, 3.63) is 35.4 Å². The van der Waals surface area contributed by atoms with Crippen molar-refractivity contribution in [2.75, 3.05) is 13.1 Å². The van der Waals surface area contributed by atoms with Gasteiger partial charge in [0.15, 0.2) is 5.78 Å². The fourth-order valence-electron chi connectivity index (χ4n) is 1.71. The van der Waals surface area contributed by atoms with Crippen LogP contribution in [0.5, 0.6) is 0 Å². The normalized spacial score (nSPS) is 18.7. The molecule has 2 heteroatoms. The molecule has 0 atom stereocenters. The first-order valence-corrected chi connectivity index (χ1v) is 4.94. The number of hydrogen-bond donors (Lipinski definition) is 1. The Morgan fingerprint density at radius 2 is 1.86 bits per heavy atom. The molecule has 1 saturated heterocycles. The molecule has 0 aliphatic carbocycles. The molecule has 0 radical (unpaired) electrons. The Bertz CT molecular complexity index is 349. The number of benzene rings is 1. The zero-order valence-corrected chi connectivity index (χ0v) is 8.63. The molecule has 0 aromatic heterocycles. The lowest BCUT2D eigenvalue weighted by atomic mass is 9.77. The average molecular weight is 189 g/mol. The lowest BCUT2D eigenvalue weighted by Gasteiger charge is -2.37. The summed E-state index contributed by atoms with van der Waals surface area (Å²) < 4.78 is 0. The molecule has 74 valence electrons. The van der Waals surface area contributed by atoms with Crippen molar-refractivity contribution in [3.8, 4) is 0 Å². The fourth-order valence-corrected chi connectivity index (χ4v) is 1.71. The summed E-state index contributed by atoms with van der Waals surface area (Å²) in [6.45, 7) is 5.66. The maximum atomic E-state index is 12.0. The van der Waals surface area contributed by atoms with Crippen molar-refractivity contribution in [3.63, 3.8) is 0 Å². The maximum absolute atomic E-state index is 12.0. The summed E-state index contributed by atoms with van der Waals surface area (Å²) in [6.07, 6.45) is 0. The minimum absolute atomic E-state index is 0.171. The Kier molecular flexibility index (Phi) is 2.16. The van der Waals surface area contributed by atoms with Crippen molar-refractivity contribution < 1.29 is 4.79 Å². The molecule has 1 aromatic rings. The van der Waals surface area contributed by atoms with E-state index in [1.54, 1.807) is 0 Å². The highest BCUT2D eigenvalue weighted by Gasteiger charge is 2.39. The second kappa shape index (κ2) is 3.21.